The molecule has 2 N–H and O–H groups in total. The second kappa shape index (κ2) is 11.7. The Hall–Kier alpha value is -3.36. The Balaban J connectivity index is 1.24. The second-order valence-corrected chi connectivity index (χ2v) is 18.0. The van der Waals surface area contributed by atoms with Crippen molar-refractivity contribution in [3.05, 3.63) is 89.0 Å². The summed E-state index contributed by atoms with van der Waals surface area (Å²) in [6.45, 7) is 17.6. The second-order valence-electron chi connectivity index (χ2n) is 15.8. The van der Waals surface area contributed by atoms with E-state index in [1.165, 1.54) is 11.1 Å². The number of amides is 2. The van der Waals surface area contributed by atoms with Crippen LogP contribution in [0.3, 0.4) is 0 Å². The number of aromatic carboxylic acids is 1. The van der Waals surface area contributed by atoms with Gasteiger partial charge in [0.15, 0.2) is 0 Å². The lowest BCUT2D eigenvalue weighted by Crippen LogP contribution is -2.60. The van der Waals surface area contributed by atoms with Gasteiger partial charge in [-0.2, -0.15) is 0 Å². The predicted octanol–water partition coefficient (Wildman–Crippen LogP) is 6.75. The third-order valence-corrected chi connectivity index (χ3v) is 12.5. The molecule has 1 aliphatic carbocycles. The van der Waals surface area contributed by atoms with Gasteiger partial charge in [-0.3, -0.25) is 14.9 Å². The maximum atomic E-state index is 14.9. The number of likely N-dealkylation sites (tertiary alicyclic amines) is 1. The Morgan fingerprint density at radius 3 is 2.06 bits per heavy atom. The van der Waals surface area contributed by atoms with Gasteiger partial charge in [0, 0.05) is 41.8 Å². The van der Waals surface area contributed by atoms with Crippen LogP contribution < -0.4 is 5.32 Å². The molecule has 3 aliphatic heterocycles. The van der Waals surface area contributed by atoms with Gasteiger partial charge >= 0.3 is 5.97 Å². The number of carbonyl (C=O) groups excluding carboxylic acids is 2. The molecule has 2 aromatic carbocycles. The molecule has 2 saturated heterocycles. The fourth-order valence-electron chi connectivity index (χ4n) is 8.96. The summed E-state index contributed by atoms with van der Waals surface area (Å²) in [5, 5.41) is 12.9. The van der Waals surface area contributed by atoms with Crippen molar-refractivity contribution in [3.63, 3.8) is 0 Å². The number of nitrogens with zero attached hydrogens (tertiary/aromatic N) is 2. The average Bonchev–Trinajstić information content (AvgIpc) is 3.26. The molecule has 0 radical (unpaired) electrons. The number of fused-ring (bicyclic) bond motifs is 1. The summed E-state index contributed by atoms with van der Waals surface area (Å²) in [5.74, 6) is -0.644. The Bertz CT molecular complexity index is 1630. The Labute approximate surface area is 283 Å². The number of rotatable bonds is 5. The first-order chi connectivity index (χ1) is 22.0. The maximum absolute atomic E-state index is 14.9. The Morgan fingerprint density at radius 2 is 1.49 bits per heavy atom. The molecule has 2 amide bonds. The zero-order chi connectivity index (χ0) is 34.0. The molecule has 4 aliphatic rings. The molecule has 3 heterocycles. The van der Waals surface area contributed by atoms with Crippen LogP contribution in [0.15, 0.2) is 72.3 Å². The lowest BCUT2D eigenvalue weighted by atomic mass is 9.58. The third-order valence-electron chi connectivity index (χ3n) is 11.2. The largest absolute Gasteiger partial charge is 0.478 e. The molecular weight excluding hydrogens is 607 g/mol. The molecule has 47 heavy (non-hydrogen) atoms. The van der Waals surface area contributed by atoms with Crippen molar-refractivity contribution in [2.45, 2.75) is 88.8 Å². The summed E-state index contributed by atoms with van der Waals surface area (Å²) in [6, 6.07) is 17.1. The van der Waals surface area contributed by atoms with Gasteiger partial charge in [-0.15, -0.1) is 11.8 Å². The van der Waals surface area contributed by atoms with E-state index in [2.05, 4.69) is 83.0 Å². The highest BCUT2D eigenvalue weighted by atomic mass is 32.2. The van der Waals surface area contributed by atoms with E-state index < -0.39 is 11.4 Å². The van der Waals surface area contributed by atoms with Crippen LogP contribution in [0.25, 0.3) is 5.57 Å². The molecule has 250 valence electrons. The van der Waals surface area contributed by atoms with Crippen LogP contribution in [-0.4, -0.2) is 74.5 Å². The summed E-state index contributed by atoms with van der Waals surface area (Å²) in [7, 11) is 0. The van der Waals surface area contributed by atoms with Gasteiger partial charge in [0.2, 0.25) is 11.8 Å². The number of benzene rings is 2. The first-order valence-electron chi connectivity index (χ1n) is 16.9. The Morgan fingerprint density at radius 1 is 0.851 bits per heavy atom. The first-order valence-corrected chi connectivity index (χ1v) is 17.7. The number of thioether (sulfide) groups is 1. The van der Waals surface area contributed by atoms with Crippen LogP contribution in [0.4, 0.5) is 0 Å². The van der Waals surface area contributed by atoms with Crippen LogP contribution in [-0.2, 0) is 15.0 Å². The van der Waals surface area contributed by atoms with Gasteiger partial charge in [-0.25, -0.2) is 4.79 Å². The lowest BCUT2D eigenvalue weighted by molar-refractivity contribution is -0.144. The van der Waals surface area contributed by atoms with E-state index in [4.69, 9.17) is 0 Å². The fraction of sp³-hybridized carbons (Fsp3) is 0.513. The molecule has 0 aromatic heterocycles. The van der Waals surface area contributed by atoms with Gasteiger partial charge < -0.3 is 14.9 Å². The molecule has 2 aromatic rings. The lowest BCUT2D eigenvalue weighted by Gasteiger charge is -2.52. The standard InChI is InChI=1S/C39H49N3O4S/c1-35(2)29(26-13-15-27(16-14-26)33(44)45)17-19-38(7)25-42(22-18-30(35)38)34(46)39(28-11-9-8-10-12-28)20-23-41(24-21-39)32(43)31-36(3,4)47-37(5,6)40-31/h8-18,31,40H,19-25H2,1-7H3,(H,44,45)/t31?,38-/m1/s1. The summed E-state index contributed by atoms with van der Waals surface area (Å²) in [4.78, 5) is 44.0. The maximum Gasteiger partial charge on any atom is 0.335 e. The number of nitrogens with one attached hydrogen (secondary N) is 1. The van der Waals surface area contributed by atoms with E-state index in [0.29, 0.717) is 39.0 Å². The van der Waals surface area contributed by atoms with Crippen LogP contribution in [0.1, 0.15) is 89.2 Å². The van der Waals surface area contributed by atoms with E-state index in [-0.39, 0.29) is 43.9 Å². The quantitative estimate of drug-likeness (QED) is 0.347. The molecule has 0 saturated carbocycles. The number of carboxylic acids is 1. The molecule has 1 unspecified atom stereocenters. The van der Waals surface area contributed by atoms with Crippen LogP contribution >= 0.6 is 11.8 Å². The van der Waals surface area contributed by atoms with E-state index in [1.807, 2.05) is 35.2 Å². The number of hydrogen-bond acceptors (Lipinski definition) is 5. The van der Waals surface area contributed by atoms with Crippen molar-refractivity contribution in [3.8, 4) is 0 Å². The minimum absolute atomic E-state index is 0.130. The zero-order valence-corrected chi connectivity index (χ0v) is 29.7. The fourth-order valence-corrected chi connectivity index (χ4v) is 10.7. The topological polar surface area (TPSA) is 90.0 Å². The normalized spacial score (nSPS) is 27.3. The van der Waals surface area contributed by atoms with Crippen LogP contribution in [0.2, 0.25) is 0 Å². The van der Waals surface area contributed by atoms with Crippen molar-refractivity contribution in [1.29, 1.82) is 0 Å². The van der Waals surface area contributed by atoms with Crippen molar-refractivity contribution in [1.82, 2.24) is 15.1 Å². The van der Waals surface area contributed by atoms with E-state index >= 15 is 0 Å². The molecule has 6 rings (SSSR count). The summed E-state index contributed by atoms with van der Waals surface area (Å²) in [5.41, 5.74) is 3.68. The number of carboxylic acid groups (broad SMARTS) is 1. The highest BCUT2D eigenvalue weighted by Gasteiger charge is 2.53. The minimum atomic E-state index is -0.927. The summed E-state index contributed by atoms with van der Waals surface area (Å²) >= 11 is 1.80. The van der Waals surface area contributed by atoms with Gasteiger partial charge in [0.25, 0.3) is 0 Å². The van der Waals surface area contributed by atoms with Crippen molar-refractivity contribution >= 4 is 35.1 Å². The van der Waals surface area contributed by atoms with Gasteiger partial charge in [0.05, 0.1) is 15.8 Å². The number of piperidine rings is 1. The number of carbonyl (C=O) groups is 3. The summed E-state index contributed by atoms with van der Waals surface area (Å²) < 4.78 is -0.221. The molecule has 7 nitrogen and oxygen atoms in total. The minimum Gasteiger partial charge on any atom is -0.478 e. The SMILES string of the molecule is CC1(C)NC(C(=O)N2CCC(C(=O)N3CC=C4C(C)(C)C(c5ccc(C(=O)O)cc5)=CC[C@]4(C)C3)(c3ccccc3)CC2)C(C)(C)S1. The van der Waals surface area contributed by atoms with Gasteiger partial charge in [-0.1, -0.05) is 81.0 Å². The highest BCUT2D eigenvalue weighted by molar-refractivity contribution is 8.02. The van der Waals surface area contributed by atoms with E-state index in [1.54, 1.807) is 23.9 Å². The first kappa shape index (κ1) is 33.5. The Kier molecular flexibility index (Phi) is 8.32. The number of allylic oxidation sites excluding steroid dienone is 2. The molecule has 0 spiro atoms. The average molecular weight is 656 g/mol. The molecule has 0 bridgehead atoms. The molecule has 2 atom stereocenters. The highest BCUT2D eigenvalue weighted by Crippen LogP contribution is 2.56. The van der Waals surface area contributed by atoms with Crippen LogP contribution in [0.5, 0.6) is 0 Å². The van der Waals surface area contributed by atoms with Crippen molar-refractivity contribution in [2.24, 2.45) is 10.8 Å². The smallest absolute Gasteiger partial charge is 0.335 e. The van der Waals surface area contributed by atoms with Crippen molar-refractivity contribution < 1.29 is 19.5 Å². The molecular formula is C39H49N3O4S. The van der Waals surface area contributed by atoms with Gasteiger partial charge in [-0.05, 0) is 75.8 Å². The zero-order valence-electron chi connectivity index (χ0n) is 28.9. The third kappa shape index (κ3) is 5.86. The van der Waals surface area contributed by atoms with Crippen LogP contribution in [0, 0.1) is 10.8 Å². The van der Waals surface area contributed by atoms with Crippen molar-refractivity contribution in [2.75, 3.05) is 26.2 Å². The predicted molar refractivity (Wildman–Crippen MR) is 189 cm³/mol. The molecule has 2 fully saturated rings. The summed E-state index contributed by atoms with van der Waals surface area (Å²) in [6.07, 6.45) is 6.54. The number of hydrogen-bond donors (Lipinski definition) is 2. The van der Waals surface area contributed by atoms with Gasteiger partial charge in [0.1, 0.15) is 6.04 Å². The van der Waals surface area contributed by atoms with E-state index in [9.17, 15) is 19.5 Å². The monoisotopic (exact) mass is 655 g/mol. The van der Waals surface area contributed by atoms with E-state index in [0.717, 1.165) is 17.5 Å². The molecule has 8 heteroatoms.